The molecule has 0 aliphatic carbocycles. The zero-order chi connectivity index (χ0) is 14.2. The van der Waals surface area contributed by atoms with Crippen molar-refractivity contribution >= 4 is 40.6 Å². The molecule has 0 fully saturated rings. The Morgan fingerprint density at radius 1 is 1.21 bits per heavy atom. The third kappa shape index (κ3) is 2.49. The molecule has 0 radical (unpaired) electrons. The van der Waals surface area contributed by atoms with Gasteiger partial charge in [0.2, 0.25) is 0 Å². The Morgan fingerprint density at radius 2 is 1.84 bits per heavy atom. The zero-order valence-electron chi connectivity index (χ0n) is 10.9. The maximum absolute atomic E-state index is 12.1. The van der Waals surface area contributed by atoms with E-state index in [0.29, 0.717) is 23.2 Å². The van der Waals surface area contributed by atoms with Gasteiger partial charge in [0.05, 0.1) is 21.3 Å². The van der Waals surface area contributed by atoms with Gasteiger partial charge in [0, 0.05) is 6.54 Å². The molecular formula is C14H15Cl2NO2. The van der Waals surface area contributed by atoms with E-state index >= 15 is 0 Å². The molecule has 1 aromatic carbocycles. The van der Waals surface area contributed by atoms with Crippen LogP contribution in [-0.2, 0) is 4.79 Å². The van der Waals surface area contributed by atoms with Crippen molar-refractivity contribution in [3.63, 3.8) is 0 Å². The highest BCUT2D eigenvalue weighted by molar-refractivity contribution is 6.56. The van der Waals surface area contributed by atoms with Crippen LogP contribution in [-0.4, -0.2) is 18.2 Å². The van der Waals surface area contributed by atoms with E-state index in [-0.39, 0.29) is 10.6 Å². The molecule has 1 heterocycles. The molecule has 3 nitrogen and oxygen atoms in total. The van der Waals surface area contributed by atoms with Crippen molar-refractivity contribution in [2.45, 2.75) is 26.7 Å². The van der Waals surface area contributed by atoms with Crippen molar-refractivity contribution in [2.75, 3.05) is 11.4 Å². The van der Waals surface area contributed by atoms with Gasteiger partial charge in [-0.2, -0.15) is 0 Å². The lowest BCUT2D eigenvalue weighted by Gasteiger charge is -2.21. The number of ketones is 1. The maximum atomic E-state index is 12.1. The Kier molecular flexibility index (Phi) is 4.16. The molecule has 1 aliphatic rings. The topological polar surface area (TPSA) is 37.4 Å². The maximum Gasteiger partial charge on any atom is 0.299 e. The van der Waals surface area contributed by atoms with Crippen LogP contribution in [0.25, 0.3) is 0 Å². The van der Waals surface area contributed by atoms with Crippen molar-refractivity contribution in [3.05, 3.63) is 27.7 Å². The van der Waals surface area contributed by atoms with Crippen molar-refractivity contribution in [1.82, 2.24) is 0 Å². The van der Waals surface area contributed by atoms with Crippen molar-refractivity contribution in [2.24, 2.45) is 5.92 Å². The van der Waals surface area contributed by atoms with Crippen LogP contribution in [0, 0.1) is 5.92 Å². The second-order valence-corrected chi connectivity index (χ2v) is 5.71. The van der Waals surface area contributed by atoms with E-state index in [9.17, 15) is 9.59 Å². The molecule has 0 saturated carbocycles. The fourth-order valence-electron chi connectivity index (χ4n) is 2.42. The lowest BCUT2D eigenvalue weighted by Crippen LogP contribution is -2.33. The van der Waals surface area contributed by atoms with Crippen LogP contribution in [0.4, 0.5) is 5.69 Å². The summed E-state index contributed by atoms with van der Waals surface area (Å²) in [6.45, 7) is 4.63. The summed E-state index contributed by atoms with van der Waals surface area (Å²) in [6, 6.07) is 3.17. The number of fused-ring (bicyclic) bond motifs is 1. The van der Waals surface area contributed by atoms with Gasteiger partial charge in [-0.3, -0.25) is 9.59 Å². The van der Waals surface area contributed by atoms with Gasteiger partial charge in [0.1, 0.15) is 0 Å². The van der Waals surface area contributed by atoms with Gasteiger partial charge in [-0.25, -0.2) is 0 Å². The monoisotopic (exact) mass is 299 g/mol. The summed E-state index contributed by atoms with van der Waals surface area (Å²) in [6.07, 6.45) is 2.03. The standard InChI is InChI=1S/C14H15Cl2NO2/c1-3-4-8(2)7-17-12-10(16)6-5-9(15)11(12)13(18)14(17)19/h5-6,8H,3-4,7H2,1-2H3. The fourth-order valence-corrected chi connectivity index (χ4v) is 2.92. The first-order valence-electron chi connectivity index (χ1n) is 6.31. The molecule has 0 spiro atoms. The largest absolute Gasteiger partial charge is 0.303 e. The quantitative estimate of drug-likeness (QED) is 0.789. The van der Waals surface area contributed by atoms with Gasteiger partial charge < -0.3 is 4.90 Å². The van der Waals surface area contributed by atoms with Crippen LogP contribution >= 0.6 is 23.2 Å². The molecule has 19 heavy (non-hydrogen) atoms. The van der Waals surface area contributed by atoms with Gasteiger partial charge >= 0.3 is 0 Å². The predicted molar refractivity (Wildman–Crippen MR) is 77.2 cm³/mol. The van der Waals surface area contributed by atoms with E-state index in [0.717, 1.165) is 12.8 Å². The normalized spacial score (nSPS) is 15.9. The van der Waals surface area contributed by atoms with Gasteiger partial charge in [-0.1, -0.05) is 43.5 Å². The number of nitrogens with zero attached hydrogens (tertiary/aromatic N) is 1. The summed E-state index contributed by atoms with van der Waals surface area (Å²) in [4.78, 5) is 25.5. The number of rotatable bonds is 4. The van der Waals surface area contributed by atoms with E-state index < -0.39 is 11.7 Å². The van der Waals surface area contributed by atoms with Crippen LogP contribution in [0.3, 0.4) is 0 Å². The molecule has 2 rings (SSSR count). The highest BCUT2D eigenvalue weighted by Gasteiger charge is 2.39. The van der Waals surface area contributed by atoms with Crippen molar-refractivity contribution < 1.29 is 9.59 Å². The summed E-state index contributed by atoms with van der Waals surface area (Å²) in [5, 5.41) is 0.672. The predicted octanol–water partition coefficient (Wildman–Crippen LogP) is 3.96. The zero-order valence-corrected chi connectivity index (χ0v) is 12.4. The number of amides is 1. The van der Waals surface area contributed by atoms with Crippen LogP contribution < -0.4 is 4.90 Å². The van der Waals surface area contributed by atoms with E-state index in [4.69, 9.17) is 23.2 Å². The molecule has 1 aromatic rings. The molecule has 1 atom stereocenters. The molecule has 102 valence electrons. The minimum absolute atomic E-state index is 0.239. The van der Waals surface area contributed by atoms with Crippen molar-refractivity contribution in [1.29, 1.82) is 0 Å². The molecule has 5 heteroatoms. The molecule has 0 saturated heterocycles. The minimum Gasteiger partial charge on any atom is -0.303 e. The van der Waals surface area contributed by atoms with Crippen LogP contribution in [0.15, 0.2) is 12.1 Å². The highest BCUT2D eigenvalue weighted by Crippen LogP contribution is 2.40. The number of carbonyl (C=O) groups is 2. The lowest BCUT2D eigenvalue weighted by atomic mass is 10.1. The number of halogens is 2. The van der Waals surface area contributed by atoms with Crippen LogP contribution in [0.5, 0.6) is 0 Å². The highest BCUT2D eigenvalue weighted by atomic mass is 35.5. The summed E-state index contributed by atoms with van der Waals surface area (Å²) < 4.78 is 0. The van der Waals surface area contributed by atoms with Crippen LogP contribution in [0.2, 0.25) is 10.0 Å². The number of anilines is 1. The SMILES string of the molecule is CCCC(C)CN1C(=O)C(=O)c2c(Cl)ccc(Cl)c21. The second-order valence-electron chi connectivity index (χ2n) is 4.89. The molecule has 0 aromatic heterocycles. The molecular weight excluding hydrogens is 285 g/mol. The fraction of sp³-hybridized carbons (Fsp3) is 0.429. The van der Waals surface area contributed by atoms with Gasteiger partial charge in [-0.05, 0) is 24.5 Å². The van der Waals surface area contributed by atoms with E-state index in [1.54, 1.807) is 12.1 Å². The minimum atomic E-state index is -0.564. The molecule has 0 N–H and O–H groups in total. The number of hydrogen-bond acceptors (Lipinski definition) is 2. The van der Waals surface area contributed by atoms with Gasteiger partial charge in [0.25, 0.3) is 11.7 Å². The summed E-state index contributed by atoms with van der Waals surface area (Å²) in [5.41, 5.74) is 0.704. The average molecular weight is 300 g/mol. The van der Waals surface area contributed by atoms with E-state index in [1.807, 2.05) is 0 Å². The molecule has 0 bridgehead atoms. The number of carbonyl (C=O) groups excluding carboxylic acids is 2. The Hall–Kier alpha value is -1.06. The smallest absolute Gasteiger partial charge is 0.299 e. The number of benzene rings is 1. The molecule has 1 amide bonds. The third-order valence-electron chi connectivity index (χ3n) is 3.29. The first-order chi connectivity index (χ1) is 8.97. The van der Waals surface area contributed by atoms with Crippen LogP contribution in [0.1, 0.15) is 37.0 Å². The Morgan fingerprint density at radius 3 is 2.47 bits per heavy atom. The lowest BCUT2D eigenvalue weighted by molar-refractivity contribution is -0.114. The number of Topliss-reactive ketones (excluding diaryl/α,β-unsaturated/α-hetero) is 1. The second kappa shape index (κ2) is 5.51. The molecule has 1 unspecified atom stereocenters. The van der Waals surface area contributed by atoms with Gasteiger partial charge in [-0.15, -0.1) is 0 Å². The summed E-state index contributed by atoms with van der Waals surface area (Å²) in [7, 11) is 0. The summed E-state index contributed by atoms with van der Waals surface area (Å²) in [5.74, 6) is -0.790. The Balaban J connectivity index is 2.41. The summed E-state index contributed by atoms with van der Waals surface area (Å²) >= 11 is 12.1. The van der Waals surface area contributed by atoms with E-state index in [1.165, 1.54) is 4.90 Å². The van der Waals surface area contributed by atoms with Crippen molar-refractivity contribution in [3.8, 4) is 0 Å². The van der Waals surface area contributed by atoms with E-state index in [2.05, 4.69) is 13.8 Å². The first kappa shape index (κ1) is 14.4. The first-order valence-corrected chi connectivity index (χ1v) is 7.07. The third-order valence-corrected chi connectivity index (χ3v) is 3.91. The average Bonchev–Trinajstić information content (AvgIpc) is 2.60. The van der Waals surface area contributed by atoms with Gasteiger partial charge in [0.15, 0.2) is 0 Å². The molecule has 1 aliphatic heterocycles. The number of hydrogen-bond donors (Lipinski definition) is 0. The Bertz CT molecular complexity index is 542. The Labute approximate surface area is 122 Å².